The van der Waals surface area contributed by atoms with Gasteiger partial charge in [0.15, 0.2) is 0 Å². The number of carbonyl (C=O) groups excluding carboxylic acids is 1. The van der Waals surface area contributed by atoms with Crippen molar-refractivity contribution in [1.82, 2.24) is 10.9 Å². The largest absolute Gasteiger partial charge is 0.508 e. The molecule has 1 aromatic rings. The minimum Gasteiger partial charge on any atom is -0.508 e. The third-order valence-corrected chi connectivity index (χ3v) is 2.63. The van der Waals surface area contributed by atoms with Crippen LogP contribution in [0, 0.1) is 0 Å². The molecule has 0 spiro atoms. The number of carboxylic acid groups (broad SMARTS) is 1. The lowest BCUT2D eigenvalue weighted by Crippen LogP contribution is -2.55. The van der Waals surface area contributed by atoms with Crippen molar-refractivity contribution in [2.75, 3.05) is 6.61 Å². The number of hydrogen-bond acceptors (Lipinski definition) is 6. The van der Waals surface area contributed by atoms with Gasteiger partial charge in [0.25, 0.3) is 0 Å². The first-order chi connectivity index (χ1) is 9.43. The zero-order valence-corrected chi connectivity index (χ0v) is 10.6. The summed E-state index contributed by atoms with van der Waals surface area (Å²) in [5.74, 6) is -1.83. The number of aliphatic carboxylic acids is 1. The number of aromatic hydroxyl groups is 1. The molecule has 1 rings (SSSR count). The first kappa shape index (κ1) is 15.9. The molecule has 0 radical (unpaired) electrons. The predicted molar refractivity (Wildman–Crippen MR) is 69.6 cm³/mol. The Morgan fingerprint density at radius 3 is 2.15 bits per heavy atom. The third kappa shape index (κ3) is 4.84. The highest BCUT2D eigenvalue weighted by atomic mass is 16.4. The molecule has 0 aliphatic heterocycles. The second-order valence-corrected chi connectivity index (χ2v) is 4.19. The van der Waals surface area contributed by atoms with Crippen molar-refractivity contribution in [3.8, 4) is 5.75 Å². The van der Waals surface area contributed by atoms with E-state index in [0.717, 1.165) is 5.56 Å². The number of carboxylic acids is 1. The number of phenols is 1. The van der Waals surface area contributed by atoms with E-state index in [-0.39, 0.29) is 12.2 Å². The summed E-state index contributed by atoms with van der Waals surface area (Å²) >= 11 is 0. The Labute approximate surface area is 115 Å². The summed E-state index contributed by atoms with van der Waals surface area (Å²) in [6, 6.07) is 4.08. The summed E-state index contributed by atoms with van der Waals surface area (Å²) in [4.78, 5) is 22.0. The van der Waals surface area contributed by atoms with Crippen molar-refractivity contribution in [2.24, 2.45) is 5.73 Å². The fraction of sp³-hybridized carbons (Fsp3) is 0.333. The van der Waals surface area contributed by atoms with Gasteiger partial charge in [-0.2, -0.15) is 0 Å². The van der Waals surface area contributed by atoms with Gasteiger partial charge in [0, 0.05) is 0 Å². The molecule has 0 bridgehead atoms. The van der Waals surface area contributed by atoms with Crippen LogP contribution < -0.4 is 16.6 Å². The van der Waals surface area contributed by atoms with Crippen molar-refractivity contribution in [2.45, 2.75) is 18.5 Å². The second-order valence-electron chi connectivity index (χ2n) is 4.19. The predicted octanol–water partition coefficient (Wildman–Crippen LogP) is -1.67. The molecule has 8 nitrogen and oxygen atoms in total. The second kappa shape index (κ2) is 7.43. The fourth-order valence-corrected chi connectivity index (χ4v) is 1.48. The molecule has 20 heavy (non-hydrogen) atoms. The van der Waals surface area contributed by atoms with Crippen LogP contribution in [-0.4, -0.2) is 45.9 Å². The lowest BCUT2D eigenvalue weighted by atomic mass is 10.1. The van der Waals surface area contributed by atoms with E-state index < -0.39 is 30.6 Å². The van der Waals surface area contributed by atoms with E-state index in [1.165, 1.54) is 12.1 Å². The summed E-state index contributed by atoms with van der Waals surface area (Å²) in [5.41, 5.74) is 10.8. The number of hydrazine groups is 1. The summed E-state index contributed by atoms with van der Waals surface area (Å²) < 4.78 is 0. The highest BCUT2D eigenvalue weighted by Crippen LogP contribution is 2.11. The molecule has 8 heteroatoms. The van der Waals surface area contributed by atoms with Crippen LogP contribution in [0.1, 0.15) is 5.56 Å². The van der Waals surface area contributed by atoms with Gasteiger partial charge >= 0.3 is 5.97 Å². The summed E-state index contributed by atoms with van der Waals surface area (Å²) in [6.45, 7) is -0.632. The minimum atomic E-state index is -1.26. The highest BCUT2D eigenvalue weighted by molar-refractivity contribution is 5.80. The van der Waals surface area contributed by atoms with Crippen molar-refractivity contribution in [3.63, 3.8) is 0 Å². The molecule has 2 atom stereocenters. The number of benzene rings is 1. The monoisotopic (exact) mass is 283 g/mol. The standard InChI is InChI=1S/C12H17N3O5/c13-11(18)9(14-15-10(6-16)12(19)20)5-7-1-3-8(17)4-2-7/h1-4,9-10,14-17H,5-6H2,(H2,13,18)(H,19,20)/t9?,10-/m0/s1. The van der Waals surface area contributed by atoms with Gasteiger partial charge in [-0.05, 0) is 24.1 Å². The molecular weight excluding hydrogens is 266 g/mol. The van der Waals surface area contributed by atoms with Gasteiger partial charge in [-0.25, -0.2) is 10.9 Å². The first-order valence-corrected chi connectivity index (χ1v) is 5.86. The molecule has 1 unspecified atom stereocenters. The van der Waals surface area contributed by atoms with Crippen LogP contribution in [0.25, 0.3) is 0 Å². The summed E-state index contributed by atoms with van der Waals surface area (Å²) in [5, 5.41) is 26.7. The number of phenolic OH excluding ortho intramolecular Hbond substituents is 1. The van der Waals surface area contributed by atoms with E-state index >= 15 is 0 Å². The summed E-state index contributed by atoms with van der Waals surface area (Å²) in [6.07, 6.45) is 0.209. The van der Waals surface area contributed by atoms with Crippen LogP contribution in [0.2, 0.25) is 0 Å². The van der Waals surface area contributed by atoms with Crippen LogP contribution in [0.4, 0.5) is 0 Å². The quantitative estimate of drug-likeness (QED) is 0.313. The Kier molecular flexibility index (Phi) is 5.91. The van der Waals surface area contributed by atoms with Gasteiger partial charge in [-0.1, -0.05) is 12.1 Å². The molecule has 1 aromatic carbocycles. The molecule has 7 N–H and O–H groups in total. The van der Waals surface area contributed by atoms with E-state index in [2.05, 4.69) is 10.9 Å². The number of amides is 1. The van der Waals surface area contributed by atoms with Crippen molar-refractivity contribution in [1.29, 1.82) is 0 Å². The molecule has 0 aliphatic rings. The number of primary amides is 1. The SMILES string of the molecule is NC(=O)C(Cc1ccc(O)cc1)NN[C@@H](CO)C(=O)O. The number of carbonyl (C=O) groups is 2. The number of rotatable bonds is 8. The highest BCUT2D eigenvalue weighted by Gasteiger charge is 2.20. The van der Waals surface area contributed by atoms with Crippen molar-refractivity contribution >= 4 is 11.9 Å². The van der Waals surface area contributed by atoms with Crippen molar-refractivity contribution in [3.05, 3.63) is 29.8 Å². The molecule has 0 aliphatic carbocycles. The van der Waals surface area contributed by atoms with E-state index in [0.29, 0.717) is 0 Å². The van der Waals surface area contributed by atoms with E-state index in [1.54, 1.807) is 12.1 Å². The van der Waals surface area contributed by atoms with Gasteiger partial charge in [0.1, 0.15) is 17.8 Å². The average Bonchev–Trinajstić information content (AvgIpc) is 2.39. The van der Waals surface area contributed by atoms with Gasteiger partial charge in [-0.3, -0.25) is 9.59 Å². The van der Waals surface area contributed by atoms with Crippen LogP contribution in [-0.2, 0) is 16.0 Å². The number of nitrogens with two attached hydrogens (primary N) is 1. The zero-order valence-electron chi connectivity index (χ0n) is 10.6. The number of aliphatic hydroxyl groups is 1. The molecule has 0 fully saturated rings. The van der Waals surface area contributed by atoms with Crippen LogP contribution in [0.15, 0.2) is 24.3 Å². The molecule has 0 aromatic heterocycles. The number of hydrogen-bond donors (Lipinski definition) is 6. The van der Waals surface area contributed by atoms with Crippen LogP contribution >= 0.6 is 0 Å². The maximum Gasteiger partial charge on any atom is 0.324 e. The van der Waals surface area contributed by atoms with E-state index in [4.69, 9.17) is 21.1 Å². The number of nitrogens with one attached hydrogen (secondary N) is 2. The van der Waals surface area contributed by atoms with Crippen LogP contribution in [0.3, 0.4) is 0 Å². The minimum absolute atomic E-state index is 0.0988. The first-order valence-electron chi connectivity index (χ1n) is 5.86. The molecule has 110 valence electrons. The Morgan fingerprint density at radius 1 is 1.15 bits per heavy atom. The maximum atomic E-state index is 11.3. The van der Waals surface area contributed by atoms with Gasteiger partial charge in [0.2, 0.25) is 5.91 Å². The normalized spacial score (nSPS) is 13.7. The van der Waals surface area contributed by atoms with Crippen LogP contribution in [0.5, 0.6) is 5.75 Å². The Hall–Kier alpha value is -2.16. The molecular formula is C12H17N3O5. The molecule has 1 amide bonds. The Balaban J connectivity index is 2.63. The lowest BCUT2D eigenvalue weighted by molar-refractivity contribution is -0.141. The zero-order chi connectivity index (χ0) is 15.1. The third-order valence-electron chi connectivity index (χ3n) is 2.63. The summed E-state index contributed by atoms with van der Waals surface area (Å²) in [7, 11) is 0. The average molecular weight is 283 g/mol. The number of aliphatic hydroxyl groups excluding tert-OH is 1. The molecule has 0 saturated heterocycles. The van der Waals surface area contributed by atoms with E-state index in [1.807, 2.05) is 0 Å². The maximum absolute atomic E-state index is 11.3. The Morgan fingerprint density at radius 2 is 1.70 bits per heavy atom. The Bertz CT molecular complexity index is 463. The molecule has 0 heterocycles. The smallest absolute Gasteiger partial charge is 0.324 e. The fourth-order valence-electron chi connectivity index (χ4n) is 1.48. The lowest BCUT2D eigenvalue weighted by Gasteiger charge is -2.19. The van der Waals surface area contributed by atoms with Gasteiger partial charge in [-0.15, -0.1) is 0 Å². The van der Waals surface area contributed by atoms with Crippen molar-refractivity contribution < 1.29 is 24.9 Å². The van der Waals surface area contributed by atoms with Gasteiger partial charge < -0.3 is 21.1 Å². The molecule has 0 saturated carbocycles. The topological polar surface area (TPSA) is 145 Å². The van der Waals surface area contributed by atoms with E-state index in [9.17, 15) is 9.59 Å². The van der Waals surface area contributed by atoms with Gasteiger partial charge in [0.05, 0.1) is 6.61 Å².